The van der Waals surface area contributed by atoms with Gasteiger partial charge in [0.1, 0.15) is 0 Å². The predicted octanol–water partition coefficient (Wildman–Crippen LogP) is 0.0702. The Hall–Kier alpha value is -4.64. The van der Waals surface area contributed by atoms with Gasteiger partial charge in [0.05, 0.1) is 76.0 Å². The smallest absolute Gasteiger partial charge is 0.253 e. The lowest BCUT2D eigenvalue weighted by Gasteiger charge is -2.28. The zero-order chi connectivity index (χ0) is 37.1. The fraction of sp³-hybridized carbons (Fsp3) is 0.529. The van der Waals surface area contributed by atoms with Crippen molar-refractivity contribution in [3.05, 3.63) is 48.6 Å². The van der Waals surface area contributed by atoms with Crippen molar-refractivity contribution in [3.63, 3.8) is 0 Å². The molecule has 0 radical (unpaired) electrons. The topological polar surface area (TPSA) is 186 Å². The van der Waals surface area contributed by atoms with Gasteiger partial charge in [0.2, 0.25) is 0 Å². The van der Waals surface area contributed by atoms with Gasteiger partial charge in [0.25, 0.3) is 47.3 Å². The Bertz CT molecular complexity index is 1350. The third kappa shape index (κ3) is 10.4. The van der Waals surface area contributed by atoms with E-state index in [4.69, 9.17) is 18.9 Å². The number of imide groups is 4. The van der Waals surface area contributed by atoms with Crippen LogP contribution in [0, 0.1) is 0 Å². The van der Waals surface area contributed by atoms with Crippen molar-refractivity contribution >= 4 is 47.3 Å². The zero-order valence-corrected chi connectivity index (χ0v) is 29.0. The molecule has 4 rings (SSSR count). The Morgan fingerprint density at radius 3 is 1.10 bits per heavy atom. The molecular weight excluding hydrogens is 656 g/mol. The molecule has 272 valence electrons. The lowest BCUT2D eigenvalue weighted by atomic mass is 10.2. The van der Waals surface area contributed by atoms with Crippen LogP contribution >= 0.6 is 0 Å². The third-order valence-corrected chi connectivity index (χ3v) is 8.08. The predicted molar refractivity (Wildman–Crippen MR) is 174 cm³/mol. The Kier molecular flexibility index (Phi) is 14.6. The van der Waals surface area contributed by atoms with E-state index in [9.17, 15) is 38.4 Å². The summed E-state index contributed by atoms with van der Waals surface area (Å²) in [5.74, 6) is -2.77. The molecule has 0 bridgehead atoms. The SMILES string of the molecule is CC(COC(C)C(C)N1C(=O)C=CC1=O)OCCOCC(C)N1C(=O)C=CC1=O.CC(COCC(C)N1C(=O)C=CC1=O)N1C(=O)C=CC1=O. The second-order valence-corrected chi connectivity index (χ2v) is 12.1. The number of ether oxygens (including phenoxy) is 4. The highest BCUT2D eigenvalue weighted by molar-refractivity contribution is 6.14. The molecule has 16 heteroatoms. The van der Waals surface area contributed by atoms with Crippen molar-refractivity contribution in [2.75, 3.05) is 39.6 Å². The molecule has 8 amide bonds. The van der Waals surface area contributed by atoms with Crippen molar-refractivity contribution in [2.24, 2.45) is 0 Å². The van der Waals surface area contributed by atoms with Crippen LogP contribution < -0.4 is 0 Å². The summed E-state index contributed by atoms with van der Waals surface area (Å²) in [6.07, 6.45) is 9.32. The van der Waals surface area contributed by atoms with Gasteiger partial charge in [-0.1, -0.05) is 0 Å². The largest absolute Gasteiger partial charge is 0.377 e. The number of hydrogen-bond donors (Lipinski definition) is 0. The summed E-state index contributed by atoms with van der Waals surface area (Å²) in [6, 6.07) is -1.54. The minimum absolute atomic E-state index is 0.146. The van der Waals surface area contributed by atoms with Gasteiger partial charge in [-0.3, -0.25) is 58.0 Å². The van der Waals surface area contributed by atoms with Gasteiger partial charge >= 0.3 is 0 Å². The summed E-state index contributed by atoms with van der Waals surface area (Å²) in [6.45, 7) is 12.0. The van der Waals surface area contributed by atoms with Crippen LogP contribution in [0.3, 0.4) is 0 Å². The van der Waals surface area contributed by atoms with Crippen molar-refractivity contribution < 1.29 is 57.3 Å². The van der Waals surface area contributed by atoms with Crippen LogP contribution in [0.2, 0.25) is 0 Å². The van der Waals surface area contributed by atoms with Gasteiger partial charge in [0.15, 0.2) is 0 Å². The maximum atomic E-state index is 11.7. The Morgan fingerprint density at radius 2 is 0.740 bits per heavy atom. The lowest BCUT2D eigenvalue weighted by molar-refractivity contribution is -0.144. The number of amides is 8. The number of carbonyl (C=O) groups excluding carboxylic acids is 8. The number of carbonyl (C=O) groups is 8. The molecule has 4 aliphatic rings. The van der Waals surface area contributed by atoms with E-state index in [1.54, 1.807) is 34.6 Å². The van der Waals surface area contributed by atoms with Crippen LogP contribution in [-0.2, 0) is 57.3 Å². The first-order valence-corrected chi connectivity index (χ1v) is 16.2. The minimum atomic E-state index is -0.407. The summed E-state index contributed by atoms with van der Waals surface area (Å²) in [7, 11) is 0. The molecule has 6 unspecified atom stereocenters. The van der Waals surface area contributed by atoms with Crippen molar-refractivity contribution in [1.82, 2.24) is 19.6 Å². The van der Waals surface area contributed by atoms with Crippen LogP contribution in [0.4, 0.5) is 0 Å². The Morgan fingerprint density at radius 1 is 0.420 bits per heavy atom. The van der Waals surface area contributed by atoms with Crippen molar-refractivity contribution in [2.45, 2.75) is 77.9 Å². The molecule has 50 heavy (non-hydrogen) atoms. The first kappa shape index (κ1) is 39.8. The van der Waals surface area contributed by atoms with E-state index < -0.39 is 12.1 Å². The van der Waals surface area contributed by atoms with Crippen molar-refractivity contribution in [1.29, 1.82) is 0 Å². The first-order chi connectivity index (χ1) is 23.6. The quantitative estimate of drug-likeness (QED) is 0.139. The lowest BCUT2D eigenvalue weighted by Crippen LogP contribution is -2.45. The van der Waals surface area contributed by atoms with E-state index in [0.717, 1.165) is 14.7 Å². The summed E-state index contributed by atoms with van der Waals surface area (Å²) in [5, 5.41) is 0. The average molecular weight is 701 g/mol. The molecule has 0 aromatic heterocycles. The monoisotopic (exact) mass is 700 g/mol. The highest BCUT2D eigenvalue weighted by atomic mass is 16.6. The van der Waals surface area contributed by atoms with Gasteiger partial charge in [-0.25, -0.2) is 0 Å². The summed E-state index contributed by atoms with van der Waals surface area (Å²) < 4.78 is 22.3. The molecule has 4 aliphatic heterocycles. The van der Waals surface area contributed by atoms with Crippen molar-refractivity contribution in [3.8, 4) is 0 Å². The average Bonchev–Trinajstić information content (AvgIpc) is 3.80. The van der Waals surface area contributed by atoms with Crippen LogP contribution in [0.5, 0.6) is 0 Å². The molecular formula is C34H44N4O12. The Balaban J connectivity index is 0.000000284. The molecule has 16 nitrogen and oxygen atoms in total. The normalized spacial score (nSPS) is 20.8. The number of hydrogen-bond acceptors (Lipinski definition) is 12. The highest BCUT2D eigenvalue weighted by Gasteiger charge is 2.33. The molecule has 0 fully saturated rings. The van der Waals surface area contributed by atoms with Crippen LogP contribution in [0.1, 0.15) is 41.5 Å². The third-order valence-electron chi connectivity index (χ3n) is 8.08. The van der Waals surface area contributed by atoms with Crippen LogP contribution in [0.25, 0.3) is 0 Å². The van der Waals surface area contributed by atoms with Gasteiger partial charge in [-0.2, -0.15) is 0 Å². The maximum Gasteiger partial charge on any atom is 0.253 e. The van der Waals surface area contributed by atoms with Gasteiger partial charge in [-0.15, -0.1) is 0 Å². The second kappa shape index (κ2) is 18.4. The number of rotatable bonds is 18. The van der Waals surface area contributed by atoms with Crippen LogP contribution in [0.15, 0.2) is 48.6 Å². The van der Waals surface area contributed by atoms with Gasteiger partial charge in [-0.05, 0) is 41.5 Å². The molecule has 0 saturated carbocycles. The molecule has 0 aromatic carbocycles. The molecule has 0 saturated heterocycles. The molecule has 0 N–H and O–H groups in total. The van der Waals surface area contributed by atoms with E-state index in [0.29, 0.717) is 19.8 Å². The first-order valence-electron chi connectivity index (χ1n) is 16.2. The van der Waals surface area contributed by atoms with E-state index in [2.05, 4.69) is 0 Å². The van der Waals surface area contributed by atoms with E-state index in [1.165, 1.54) is 53.5 Å². The summed E-state index contributed by atoms with van der Waals surface area (Å²) in [4.78, 5) is 97.1. The highest BCUT2D eigenvalue weighted by Crippen LogP contribution is 2.15. The second-order valence-electron chi connectivity index (χ2n) is 12.1. The fourth-order valence-corrected chi connectivity index (χ4v) is 5.23. The molecule has 0 spiro atoms. The van der Waals surface area contributed by atoms with Gasteiger partial charge in [0, 0.05) is 48.6 Å². The Labute approximate surface area is 290 Å². The van der Waals surface area contributed by atoms with E-state index in [1.807, 2.05) is 6.92 Å². The molecule has 6 atom stereocenters. The van der Waals surface area contributed by atoms with Gasteiger partial charge < -0.3 is 18.9 Å². The standard InChI is InChI=1S/C20H28N2O7.C14H16N2O5/c1-13(21-17(23)5-6-18(21)24)11-27-9-10-28-14(2)12-29-16(4)15(3)22-19(25)7-8-20(22)26;1-9(15-11(17)3-4-12(15)18)7-21-8-10(2)16-13(19)5-6-14(16)20/h5-8,13-16H,9-12H2,1-4H3;3-6,9-10H,7-8H2,1-2H3. The zero-order valence-electron chi connectivity index (χ0n) is 29.0. The van der Waals surface area contributed by atoms with E-state index in [-0.39, 0.29) is 91.4 Å². The summed E-state index contributed by atoms with van der Waals surface area (Å²) >= 11 is 0. The summed E-state index contributed by atoms with van der Waals surface area (Å²) in [5.41, 5.74) is 0. The minimum Gasteiger partial charge on any atom is -0.377 e. The maximum absolute atomic E-state index is 11.7. The van der Waals surface area contributed by atoms with E-state index >= 15 is 0 Å². The molecule has 4 heterocycles. The molecule has 0 aliphatic carbocycles. The fourth-order valence-electron chi connectivity index (χ4n) is 5.23. The molecule has 0 aromatic rings. The number of nitrogens with zero attached hydrogens (tertiary/aromatic N) is 4. The van der Waals surface area contributed by atoms with Crippen LogP contribution in [-0.4, -0.2) is 143 Å².